The van der Waals surface area contributed by atoms with Gasteiger partial charge in [0.05, 0.1) is 23.0 Å². The fraction of sp³-hybridized carbons (Fsp3) is 0.105. The lowest BCUT2D eigenvalue weighted by molar-refractivity contribution is 0.283. The van der Waals surface area contributed by atoms with Gasteiger partial charge in [0.15, 0.2) is 5.76 Å². The topological polar surface area (TPSA) is 126 Å². The van der Waals surface area contributed by atoms with Gasteiger partial charge in [-0.15, -0.1) is 0 Å². The number of rotatable bonds is 6. The third-order valence-corrected chi connectivity index (χ3v) is 5.26. The van der Waals surface area contributed by atoms with Gasteiger partial charge in [-0.1, -0.05) is 17.3 Å². The van der Waals surface area contributed by atoms with Crippen LogP contribution in [0.5, 0.6) is 5.88 Å². The summed E-state index contributed by atoms with van der Waals surface area (Å²) in [5.74, 6) is 0.181. The van der Waals surface area contributed by atoms with Crippen molar-refractivity contribution in [3.8, 4) is 28.5 Å². The number of primary sulfonamides is 1. The average Bonchev–Trinajstić information content (AvgIpc) is 3.34. The third kappa shape index (κ3) is 4.07. The van der Waals surface area contributed by atoms with E-state index >= 15 is 0 Å². The minimum atomic E-state index is -3.84. The highest BCUT2D eigenvalue weighted by atomic mass is 32.2. The maximum atomic E-state index is 13.0. The van der Waals surface area contributed by atoms with Gasteiger partial charge >= 0.3 is 0 Å². The van der Waals surface area contributed by atoms with E-state index in [4.69, 9.17) is 14.4 Å². The van der Waals surface area contributed by atoms with Crippen LogP contribution in [0.2, 0.25) is 0 Å². The number of hydrogen-bond donors (Lipinski definition) is 1. The lowest BCUT2D eigenvalue weighted by Gasteiger charge is -2.07. The third-order valence-electron chi connectivity index (χ3n) is 4.35. The van der Waals surface area contributed by atoms with Crippen LogP contribution in [-0.2, 0) is 23.7 Å². The summed E-state index contributed by atoms with van der Waals surface area (Å²) in [4.78, 5) is 3.83. The fourth-order valence-electron chi connectivity index (χ4n) is 2.80. The molecule has 11 heteroatoms. The predicted molar refractivity (Wildman–Crippen MR) is 104 cm³/mol. The van der Waals surface area contributed by atoms with E-state index in [2.05, 4.69) is 15.2 Å². The van der Waals surface area contributed by atoms with Crippen LogP contribution in [0, 0.1) is 5.82 Å². The summed E-state index contributed by atoms with van der Waals surface area (Å²) in [6.07, 6.45) is 2.68. The second kappa shape index (κ2) is 7.69. The molecule has 0 aliphatic carbocycles. The standard InChI is InChI=1S/C19H16FN5O4S/c1-25-17(11-28-19-6-5-13(20)9-22-19)15(10-23-25)16-8-18(29-24-16)12-3-2-4-14(7-12)30(21,26)27/h2-10H,11H2,1H3,(H2,21,26,27). The normalized spacial score (nSPS) is 11.6. The molecule has 0 amide bonds. The number of halogens is 1. The largest absolute Gasteiger partial charge is 0.471 e. The molecule has 0 atom stereocenters. The summed E-state index contributed by atoms with van der Waals surface area (Å²) in [6, 6.07) is 10.4. The molecule has 0 fully saturated rings. The molecular formula is C19H16FN5O4S. The molecule has 3 aromatic heterocycles. The number of ether oxygens (including phenoxy) is 1. The van der Waals surface area contributed by atoms with E-state index in [1.807, 2.05) is 0 Å². The predicted octanol–water partition coefficient (Wildman–Crippen LogP) is 2.50. The Balaban J connectivity index is 1.61. The lowest BCUT2D eigenvalue weighted by Crippen LogP contribution is -2.11. The maximum absolute atomic E-state index is 13.0. The first-order valence-electron chi connectivity index (χ1n) is 8.67. The molecule has 0 aliphatic rings. The summed E-state index contributed by atoms with van der Waals surface area (Å²) < 4.78 is 48.8. The summed E-state index contributed by atoms with van der Waals surface area (Å²) in [7, 11) is -2.09. The van der Waals surface area contributed by atoms with Crippen molar-refractivity contribution >= 4 is 10.0 Å². The van der Waals surface area contributed by atoms with E-state index in [1.165, 1.54) is 24.3 Å². The van der Waals surface area contributed by atoms with Crippen LogP contribution in [0.25, 0.3) is 22.6 Å². The minimum absolute atomic E-state index is 0.0276. The maximum Gasteiger partial charge on any atom is 0.238 e. The second-order valence-corrected chi connectivity index (χ2v) is 7.94. The molecule has 0 aliphatic heterocycles. The first-order valence-corrected chi connectivity index (χ1v) is 10.2. The Morgan fingerprint density at radius 1 is 1.20 bits per heavy atom. The molecule has 0 unspecified atom stereocenters. The van der Waals surface area contributed by atoms with Crippen LogP contribution >= 0.6 is 0 Å². The van der Waals surface area contributed by atoms with Crippen LogP contribution in [0.15, 0.2) is 64.3 Å². The Hall–Kier alpha value is -3.57. The van der Waals surface area contributed by atoms with Crippen molar-refractivity contribution in [2.24, 2.45) is 12.2 Å². The van der Waals surface area contributed by atoms with Gasteiger partial charge in [-0.3, -0.25) is 4.68 Å². The SMILES string of the molecule is Cn1ncc(-c2cc(-c3cccc(S(N)(=O)=O)c3)on2)c1COc1ccc(F)cn1. The van der Waals surface area contributed by atoms with Crippen molar-refractivity contribution in [2.45, 2.75) is 11.5 Å². The highest BCUT2D eigenvalue weighted by molar-refractivity contribution is 7.89. The molecule has 4 aromatic rings. The zero-order valence-electron chi connectivity index (χ0n) is 15.7. The molecule has 2 N–H and O–H groups in total. The Kier molecular flexibility index (Phi) is 5.06. The van der Waals surface area contributed by atoms with Crippen molar-refractivity contribution in [1.82, 2.24) is 19.9 Å². The van der Waals surface area contributed by atoms with Crippen molar-refractivity contribution < 1.29 is 22.1 Å². The first kappa shape index (κ1) is 19.7. The van der Waals surface area contributed by atoms with E-state index in [0.717, 1.165) is 6.20 Å². The molecular weight excluding hydrogens is 413 g/mol. The summed E-state index contributed by atoms with van der Waals surface area (Å²) in [6.45, 7) is 0.119. The lowest BCUT2D eigenvalue weighted by atomic mass is 10.1. The molecule has 0 bridgehead atoms. The highest BCUT2D eigenvalue weighted by Crippen LogP contribution is 2.29. The van der Waals surface area contributed by atoms with E-state index < -0.39 is 15.8 Å². The number of aromatic nitrogens is 4. The number of aryl methyl sites for hydroxylation is 1. The summed E-state index contributed by atoms with van der Waals surface area (Å²) in [5, 5.41) is 13.5. The van der Waals surface area contributed by atoms with Gasteiger partial charge in [0.1, 0.15) is 18.1 Å². The van der Waals surface area contributed by atoms with Crippen molar-refractivity contribution in [2.75, 3.05) is 0 Å². The van der Waals surface area contributed by atoms with Crippen molar-refractivity contribution in [1.29, 1.82) is 0 Å². The fourth-order valence-corrected chi connectivity index (χ4v) is 3.36. The number of sulfonamides is 1. The minimum Gasteiger partial charge on any atom is -0.471 e. The Bertz CT molecular complexity index is 1300. The quantitative estimate of drug-likeness (QED) is 0.499. The van der Waals surface area contributed by atoms with Crippen LogP contribution in [0.1, 0.15) is 5.69 Å². The van der Waals surface area contributed by atoms with Gasteiger partial charge in [-0.25, -0.2) is 22.9 Å². The zero-order chi connectivity index (χ0) is 21.3. The average molecular weight is 429 g/mol. The molecule has 30 heavy (non-hydrogen) atoms. The van der Waals surface area contributed by atoms with E-state index in [0.29, 0.717) is 28.3 Å². The molecule has 3 heterocycles. The van der Waals surface area contributed by atoms with Crippen LogP contribution in [-0.4, -0.2) is 28.3 Å². The molecule has 154 valence electrons. The van der Waals surface area contributed by atoms with E-state index in [-0.39, 0.29) is 17.4 Å². The number of pyridine rings is 1. The highest BCUT2D eigenvalue weighted by Gasteiger charge is 2.17. The molecule has 0 saturated carbocycles. The smallest absolute Gasteiger partial charge is 0.238 e. The molecule has 0 saturated heterocycles. The van der Waals surface area contributed by atoms with Crippen LogP contribution in [0.3, 0.4) is 0 Å². The van der Waals surface area contributed by atoms with Crippen LogP contribution < -0.4 is 9.88 Å². The second-order valence-electron chi connectivity index (χ2n) is 6.38. The van der Waals surface area contributed by atoms with E-state index in [1.54, 1.807) is 36.1 Å². The first-order chi connectivity index (χ1) is 14.3. The number of nitrogens with zero attached hydrogens (tertiary/aromatic N) is 4. The van der Waals surface area contributed by atoms with Gasteiger partial charge in [-0.05, 0) is 18.2 Å². The van der Waals surface area contributed by atoms with E-state index in [9.17, 15) is 12.8 Å². The zero-order valence-corrected chi connectivity index (χ0v) is 16.5. The molecule has 1 aromatic carbocycles. The summed E-state index contributed by atoms with van der Waals surface area (Å²) in [5.41, 5.74) is 2.36. The van der Waals surface area contributed by atoms with Gasteiger partial charge in [0.25, 0.3) is 0 Å². The number of benzene rings is 1. The van der Waals surface area contributed by atoms with Gasteiger partial charge < -0.3 is 9.26 Å². The van der Waals surface area contributed by atoms with Gasteiger partial charge in [-0.2, -0.15) is 5.10 Å². The summed E-state index contributed by atoms with van der Waals surface area (Å²) >= 11 is 0. The number of hydrogen-bond acceptors (Lipinski definition) is 7. The molecule has 9 nitrogen and oxygen atoms in total. The Morgan fingerprint density at radius 2 is 2.03 bits per heavy atom. The molecule has 4 rings (SSSR count). The van der Waals surface area contributed by atoms with Crippen molar-refractivity contribution in [3.63, 3.8) is 0 Å². The van der Waals surface area contributed by atoms with Crippen LogP contribution in [0.4, 0.5) is 4.39 Å². The van der Waals surface area contributed by atoms with Gasteiger partial charge in [0, 0.05) is 30.3 Å². The number of nitrogens with two attached hydrogens (primary N) is 1. The van der Waals surface area contributed by atoms with Gasteiger partial charge in [0.2, 0.25) is 15.9 Å². The Labute approximate surface area is 171 Å². The Morgan fingerprint density at radius 3 is 2.77 bits per heavy atom. The molecule has 0 radical (unpaired) electrons. The molecule has 0 spiro atoms. The van der Waals surface area contributed by atoms with Crippen molar-refractivity contribution in [3.05, 3.63) is 66.4 Å². The monoisotopic (exact) mass is 429 g/mol.